The predicted octanol–water partition coefficient (Wildman–Crippen LogP) is 3.72. The van der Waals surface area contributed by atoms with Crippen LogP contribution in [0.4, 0.5) is 25.7 Å². The molecule has 1 aliphatic heterocycles. The van der Waals surface area contributed by atoms with Gasteiger partial charge in [0.1, 0.15) is 17.2 Å². The summed E-state index contributed by atoms with van der Waals surface area (Å²) >= 11 is 7.64. The molecule has 37 heavy (non-hydrogen) atoms. The lowest BCUT2D eigenvalue weighted by Gasteiger charge is -2.29. The Labute approximate surface area is 220 Å². The average Bonchev–Trinajstić information content (AvgIpc) is 3.28. The second-order valence-corrected chi connectivity index (χ2v) is 10.3. The van der Waals surface area contributed by atoms with Crippen LogP contribution in [0.3, 0.4) is 0 Å². The molecular formula is C24H25ClF2N8OS. The normalized spacial score (nSPS) is 13.9. The molecule has 13 heteroatoms. The number of nitrogen functional groups attached to an aromatic ring is 1. The van der Waals surface area contributed by atoms with Crippen LogP contribution in [0.2, 0.25) is 5.02 Å². The summed E-state index contributed by atoms with van der Waals surface area (Å²) in [6.45, 7) is 3.12. The first-order valence-corrected chi connectivity index (χ1v) is 12.9. The topological polar surface area (TPSA) is 112 Å². The number of nitrogens with two attached hydrogens (primary N) is 1. The van der Waals surface area contributed by atoms with Crippen molar-refractivity contribution in [2.45, 2.75) is 6.42 Å². The van der Waals surface area contributed by atoms with Crippen molar-refractivity contribution in [3.8, 4) is 11.1 Å². The zero-order chi connectivity index (χ0) is 26.3. The third-order valence-electron chi connectivity index (χ3n) is 6.18. The first-order chi connectivity index (χ1) is 17.7. The van der Waals surface area contributed by atoms with Crippen LogP contribution in [-0.2, 0) is 4.79 Å². The molecule has 0 aliphatic carbocycles. The Balaban J connectivity index is 1.66. The molecule has 0 unspecified atom stereocenters. The molecule has 1 amide bonds. The molecule has 4 aromatic rings. The lowest BCUT2D eigenvalue weighted by Crippen LogP contribution is -2.44. The number of rotatable bonds is 6. The van der Waals surface area contributed by atoms with Crippen LogP contribution in [0, 0.1) is 11.6 Å². The van der Waals surface area contributed by atoms with Gasteiger partial charge in [-0.3, -0.25) is 4.79 Å². The number of thiazole rings is 1. The summed E-state index contributed by atoms with van der Waals surface area (Å²) in [5.74, 6) is -0.483. The summed E-state index contributed by atoms with van der Waals surface area (Å²) in [5, 5.41) is 7.10. The standard InChI is InChI=1S/C24H25ClF2N8OS/c1-34(2)16(36)5-6-30-24-32-19-13(22(33-24)35-9-7-29-8-10-35)11-14(25)17(18(19)27)12-3-4-15(26)21-20(12)31-23(28)37-21/h3-4,11,29H,5-10H2,1-2H3,(H2,28,31)(H,30,32,33). The van der Waals surface area contributed by atoms with Crippen LogP contribution in [0.15, 0.2) is 18.2 Å². The highest BCUT2D eigenvalue weighted by Gasteiger charge is 2.25. The van der Waals surface area contributed by atoms with Gasteiger partial charge in [-0.25, -0.2) is 18.7 Å². The molecule has 3 heterocycles. The summed E-state index contributed by atoms with van der Waals surface area (Å²) < 4.78 is 30.9. The third kappa shape index (κ3) is 4.83. The number of nitrogens with zero attached hydrogens (tertiary/aromatic N) is 5. The molecule has 2 aromatic heterocycles. The van der Waals surface area contributed by atoms with E-state index in [4.69, 9.17) is 17.3 Å². The van der Waals surface area contributed by atoms with Crippen molar-refractivity contribution < 1.29 is 13.6 Å². The Morgan fingerprint density at radius 2 is 1.97 bits per heavy atom. The molecule has 0 spiro atoms. The van der Waals surface area contributed by atoms with Gasteiger partial charge in [0.25, 0.3) is 0 Å². The van der Waals surface area contributed by atoms with Crippen LogP contribution in [-0.4, -0.2) is 72.6 Å². The molecule has 194 valence electrons. The quantitative estimate of drug-likeness (QED) is 0.335. The van der Waals surface area contributed by atoms with Crippen molar-refractivity contribution in [3.63, 3.8) is 0 Å². The van der Waals surface area contributed by atoms with Crippen molar-refractivity contribution in [2.24, 2.45) is 0 Å². The van der Waals surface area contributed by atoms with E-state index in [0.29, 0.717) is 29.9 Å². The van der Waals surface area contributed by atoms with Gasteiger partial charge in [0.2, 0.25) is 11.9 Å². The first-order valence-electron chi connectivity index (χ1n) is 11.7. The van der Waals surface area contributed by atoms with Gasteiger partial charge in [-0.15, -0.1) is 0 Å². The van der Waals surface area contributed by atoms with E-state index < -0.39 is 11.6 Å². The number of fused-ring (bicyclic) bond motifs is 2. The number of halogens is 3. The number of amides is 1. The fourth-order valence-electron chi connectivity index (χ4n) is 4.32. The minimum atomic E-state index is -0.673. The van der Waals surface area contributed by atoms with E-state index in [9.17, 15) is 9.18 Å². The van der Waals surface area contributed by atoms with Crippen molar-refractivity contribution >= 4 is 66.9 Å². The molecule has 0 saturated carbocycles. The highest BCUT2D eigenvalue weighted by molar-refractivity contribution is 7.22. The van der Waals surface area contributed by atoms with Gasteiger partial charge in [0, 0.05) is 69.8 Å². The second-order valence-electron chi connectivity index (χ2n) is 8.84. The molecule has 4 N–H and O–H groups in total. The minimum Gasteiger partial charge on any atom is -0.375 e. The number of carbonyl (C=O) groups is 1. The molecular weight excluding hydrogens is 522 g/mol. The smallest absolute Gasteiger partial charge is 0.225 e. The molecule has 1 saturated heterocycles. The number of hydrogen-bond acceptors (Lipinski definition) is 9. The second kappa shape index (κ2) is 10.2. The van der Waals surface area contributed by atoms with Gasteiger partial charge in [-0.05, 0) is 18.2 Å². The summed E-state index contributed by atoms with van der Waals surface area (Å²) in [6.07, 6.45) is 0.227. The van der Waals surface area contributed by atoms with Crippen molar-refractivity contribution in [1.82, 2.24) is 25.2 Å². The van der Waals surface area contributed by atoms with Crippen LogP contribution < -0.4 is 21.3 Å². The van der Waals surface area contributed by atoms with E-state index in [-0.39, 0.29) is 56.3 Å². The van der Waals surface area contributed by atoms with Gasteiger partial charge < -0.3 is 26.2 Å². The Hall–Kier alpha value is -3.35. The number of piperazine rings is 1. The summed E-state index contributed by atoms with van der Waals surface area (Å²) in [6, 6.07) is 4.32. The predicted molar refractivity (Wildman–Crippen MR) is 144 cm³/mol. The molecule has 0 bridgehead atoms. The van der Waals surface area contributed by atoms with Crippen molar-refractivity contribution in [2.75, 3.05) is 62.8 Å². The molecule has 2 aromatic carbocycles. The van der Waals surface area contributed by atoms with Crippen LogP contribution >= 0.6 is 22.9 Å². The van der Waals surface area contributed by atoms with Gasteiger partial charge in [0.15, 0.2) is 10.9 Å². The summed E-state index contributed by atoms with van der Waals surface area (Å²) in [4.78, 5) is 28.9. The number of hydrogen-bond donors (Lipinski definition) is 3. The van der Waals surface area contributed by atoms with E-state index >= 15 is 4.39 Å². The monoisotopic (exact) mass is 546 g/mol. The van der Waals surface area contributed by atoms with Crippen LogP contribution in [0.1, 0.15) is 6.42 Å². The van der Waals surface area contributed by atoms with Crippen molar-refractivity contribution in [3.05, 3.63) is 34.9 Å². The fraction of sp³-hybridized carbons (Fsp3) is 0.333. The zero-order valence-corrected chi connectivity index (χ0v) is 21.8. The molecule has 5 rings (SSSR count). The zero-order valence-electron chi connectivity index (χ0n) is 20.2. The number of benzene rings is 2. The molecule has 1 fully saturated rings. The third-order valence-corrected chi connectivity index (χ3v) is 7.37. The fourth-order valence-corrected chi connectivity index (χ4v) is 5.38. The SMILES string of the molecule is CN(C)C(=O)CCNc1nc(N2CCNCC2)c2cc(Cl)c(-c3ccc(F)c4sc(N)nc34)c(F)c2n1. The maximum Gasteiger partial charge on any atom is 0.225 e. The van der Waals surface area contributed by atoms with Gasteiger partial charge in [-0.1, -0.05) is 22.9 Å². The minimum absolute atomic E-state index is 0.0567. The Bertz CT molecular complexity index is 1510. The summed E-state index contributed by atoms with van der Waals surface area (Å²) in [7, 11) is 3.36. The molecule has 0 atom stereocenters. The average molecular weight is 547 g/mol. The Morgan fingerprint density at radius 3 is 2.70 bits per heavy atom. The van der Waals surface area contributed by atoms with E-state index in [1.54, 1.807) is 20.2 Å². The van der Waals surface area contributed by atoms with Crippen molar-refractivity contribution in [1.29, 1.82) is 0 Å². The highest BCUT2D eigenvalue weighted by Crippen LogP contribution is 2.42. The highest BCUT2D eigenvalue weighted by atomic mass is 35.5. The van der Waals surface area contributed by atoms with E-state index in [1.165, 1.54) is 17.0 Å². The lowest BCUT2D eigenvalue weighted by atomic mass is 10.0. The van der Waals surface area contributed by atoms with E-state index in [1.807, 2.05) is 4.90 Å². The molecule has 9 nitrogen and oxygen atoms in total. The molecule has 0 radical (unpaired) electrons. The number of carbonyl (C=O) groups excluding carboxylic acids is 1. The van der Waals surface area contributed by atoms with Crippen LogP contribution in [0.5, 0.6) is 0 Å². The van der Waals surface area contributed by atoms with Gasteiger partial charge in [-0.2, -0.15) is 4.98 Å². The largest absolute Gasteiger partial charge is 0.375 e. The summed E-state index contributed by atoms with van der Waals surface area (Å²) in [5.41, 5.74) is 6.51. The van der Waals surface area contributed by atoms with Gasteiger partial charge in [0.05, 0.1) is 15.2 Å². The van der Waals surface area contributed by atoms with Crippen LogP contribution in [0.25, 0.3) is 32.2 Å². The maximum absolute atomic E-state index is 16.3. The first kappa shape index (κ1) is 25.3. The molecule has 1 aliphatic rings. The maximum atomic E-state index is 16.3. The Kier molecular flexibility index (Phi) is 6.97. The van der Waals surface area contributed by atoms with E-state index in [2.05, 4.69) is 25.6 Å². The number of anilines is 3. The van der Waals surface area contributed by atoms with Gasteiger partial charge >= 0.3 is 0 Å². The number of nitrogens with one attached hydrogen (secondary N) is 2. The lowest BCUT2D eigenvalue weighted by molar-refractivity contribution is -0.128. The number of aromatic nitrogens is 3. The van der Waals surface area contributed by atoms with E-state index in [0.717, 1.165) is 24.4 Å². The Morgan fingerprint density at radius 1 is 1.22 bits per heavy atom.